The summed E-state index contributed by atoms with van der Waals surface area (Å²) in [5.41, 5.74) is 9.20. The van der Waals surface area contributed by atoms with E-state index in [1.165, 1.54) is 33.3 Å². The fourth-order valence-corrected chi connectivity index (χ4v) is 4.82. The minimum Gasteiger partial charge on any atom is -0.456 e. The lowest BCUT2D eigenvalue weighted by Crippen LogP contribution is -2.30. The number of benzene rings is 3. The van der Waals surface area contributed by atoms with Crippen LogP contribution in [0.1, 0.15) is 5.56 Å². The number of para-hydroxylation sites is 2. The molecule has 0 bridgehead atoms. The first-order valence-corrected chi connectivity index (χ1v) is 10.6. The number of fused-ring (bicyclic) bond motifs is 4. The van der Waals surface area contributed by atoms with Crippen molar-refractivity contribution in [3.05, 3.63) is 90.6 Å². The Bertz CT molecular complexity index is 1620. The van der Waals surface area contributed by atoms with Gasteiger partial charge in [-0.25, -0.2) is 4.57 Å². The highest BCUT2D eigenvalue weighted by atomic mass is 16.3. The molecule has 0 saturated carbocycles. The van der Waals surface area contributed by atoms with E-state index in [1.54, 1.807) is 0 Å². The molecule has 31 heavy (non-hydrogen) atoms. The first-order valence-electron chi connectivity index (χ1n) is 10.6. The fourth-order valence-electron chi connectivity index (χ4n) is 4.82. The van der Waals surface area contributed by atoms with Crippen molar-refractivity contribution in [1.29, 1.82) is 0 Å². The molecule has 3 heteroatoms. The fraction of sp³-hybridized carbons (Fsp3) is 0.107. The molecule has 3 heterocycles. The Labute approximate surface area is 180 Å². The molecule has 0 spiro atoms. The van der Waals surface area contributed by atoms with Crippen LogP contribution in [0.4, 0.5) is 0 Å². The van der Waals surface area contributed by atoms with Gasteiger partial charge in [0, 0.05) is 40.2 Å². The summed E-state index contributed by atoms with van der Waals surface area (Å²) < 4.78 is 10.7. The van der Waals surface area contributed by atoms with Crippen LogP contribution in [0.5, 0.6) is 0 Å². The molecule has 0 unspecified atom stereocenters. The van der Waals surface area contributed by atoms with E-state index in [4.69, 9.17) is 4.42 Å². The highest BCUT2D eigenvalue weighted by Gasteiger charge is 2.20. The van der Waals surface area contributed by atoms with Crippen LogP contribution in [0.2, 0.25) is 0 Å². The lowest BCUT2D eigenvalue weighted by Gasteiger charge is -2.12. The second kappa shape index (κ2) is 6.58. The summed E-state index contributed by atoms with van der Waals surface area (Å²) in [6.45, 7) is 2.21. The van der Waals surface area contributed by atoms with Gasteiger partial charge in [0.1, 0.15) is 18.2 Å². The average Bonchev–Trinajstić information content (AvgIpc) is 3.31. The number of aromatic nitrogens is 2. The van der Waals surface area contributed by atoms with Crippen molar-refractivity contribution >= 4 is 32.8 Å². The van der Waals surface area contributed by atoms with E-state index in [-0.39, 0.29) is 0 Å². The minimum atomic E-state index is 0.920. The lowest BCUT2D eigenvalue weighted by molar-refractivity contribution is -0.659. The third-order valence-electron chi connectivity index (χ3n) is 6.47. The summed E-state index contributed by atoms with van der Waals surface area (Å²) in [5, 5.41) is 3.56. The predicted molar refractivity (Wildman–Crippen MR) is 127 cm³/mol. The Balaban J connectivity index is 1.57. The second-order valence-electron chi connectivity index (χ2n) is 8.27. The minimum absolute atomic E-state index is 0.920. The summed E-state index contributed by atoms with van der Waals surface area (Å²) >= 11 is 0. The van der Waals surface area contributed by atoms with Crippen LogP contribution in [0.15, 0.2) is 89.5 Å². The molecule has 0 fully saturated rings. The van der Waals surface area contributed by atoms with Crippen LogP contribution in [0, 0.1) is 6.92 Å². The average molecular weight is 404 g/mol. The standard InChI is InChI=1S/C28H23N2O/c1-18-20(11-8-12-21(18)26-15-19-9-4-6-13-24(19)30(26)3)25-16-28-23(17-29(25)2)22-10-5-7-14-27(22)31-28/h4-17H,1-3H3/q+1. The van der Waals surface area contributed by atoms with Crippen molar-refractivity contribution in [2.24, 2.45) is 14.1 Å². The molecule has 0 radical (unpaired) electrons. The number of rotatable bonds is 2. The number of hydrogen-bond acceptors (Lipinski definition) is 1. The van der Waals surface area contributed by atoms with Crippen molar-refractivity contribution in [2.75, 3.05) is 0 Å². The maximum absolute atomic E-state index is 6.17. The summed E-state index contributed by atoms with van der Waals surface area (Å²) in [6, 6.07) is 27.8. The normalized spacial score (nSPS) is 11.7. The van der Waals surface area contributed by atoms with Crippen molar-refractivity contribution in [3.8, 4) is 22.5 Å². The summed E-state index contributed by atoms with van der Waals surface area (Å²) in [6.07, 6.45) is 2.18. The van der Waals surface area contributed by atoms with Gasteiger partial charge in [-0.1, -0.05) is 48.5 Å². The Morgan fingerprint density at radius 1 is 0.774 bits per heavy atom. The van der Waals surface area contributed by atoms with E-state index in [0.29, 0.717) is 0 Å². The summed E-state index contributed by atoms with van der Waals surface area (Å²) in [7, 11) is 4.25. The maximum atomic E-state index is 6.17. The van der Waals surface area contributed by atoms with Crippen LogP contribution in [0.25, 0.3) is 55.4 Å². The SMILES string of the molecule is Cc1c(-c2cc3ccccc3n2C)cccc1-c1cc2oc3ccccc3c2c[n+]1C. The van der Waals surface area contributed by atoms with Crippen LogP contribution in [-0.4, -0.2) is 4.57 Å². The molecular formula is C28H23N2O+. The smallest absolute Gasteiger partial charge is 0.216 e. The number of pyridine rings is 1. The molecule has 0 amide bonds. The zero-order valence-corrected chi connectivity index (χ0v) is 17.9. The van der Waals surface area contributed by atoms with Crippen molar-refractivity contribution in [3.63, 3.8) is 0 Å². The molecule has 0 aliphatic rings. The Hall–Kier alpha value is -3.85. The Morgan fingerprint density at radius 3 is 2.42 bits per heavy atom. The van der Waals surface area contributed by atoms with Crippen LogP contribution < -0.4 is 4.57 Å². The Kier molecular flexibility index (Phi) is 3.81. The van der Waals surface area contributed by atoms with Gasteiger partial charge in [0.05, 0.1) is 11.5 Å². The highest BCUT2D eigenvalue weighted by molar-refractivity contribution is 6.04. The zero-order valence-electron chi connectivity index (χ0n) is 17.9. The van der Waals surface area contributed by atoms with E-state index in [1.807, 2.05) is 12.1 Å². The van der Waals surface area contributed by atoms with Crippen LogP contribution in [-0.2, 0) is 14.1 Å². The third-order valence-corrected chi connectivity index (χ3v) is 6.47. The van der Waals surface area contributed by atoms with Gasteiger partial charge >= 0.3 is 0 Å². The third kappa shape index (κ3) is 2.63. The Morgan fingerprint density at radius 2 is 1.55 bits per heavy atom. The number of furan rings is 1. The molecule has 150 valence electrons. The van der Waals surface area contributed by atoms with E-state index in [0.717, 1.165) is 27.6 Å². The van der Waals surface area contributed by atoms with Gasteiger partial charge in [0.15, 0.2) is 6.20 Å². The first-order chi connectivity index (χ1) is 15.1. The van der Waals surface area contributed by atoms with E-state index >= 15 is 0 Å². The van der Waals surface area contributed by atoms with Gasteiger partial charge in [-0.15, -0.1) is 0 Å². The first kappa shape index (κ1) is 18.0. The van der Waals surface area contributed by atoms with E-state index < -0.39 is 0 Å². The van der Waals surface area contributed by atoms with Gasteiger partial charge < -0.3 is 8.98 Å². The van der Waals surface area contributed by atoms with Gasteiger partial charge in [-0.2, -0.15) is 0 Å². The molecule has 0 saturated heterocycles. The maximum Gasteiger partial charge on any atom is 0.216 e. The van der Waals surface area contributed by atoms with Crippen molar-refractivity contribution in [2.45, 2.75) is 6.92 Å². The molecule has 0 aliphatic heterocycles. The lowest BCUT2D eigenvalue weighted by atomic mass is 9.97. The van der Waals surface area contributed by atoms with E-state index in [2.05, 4.69) is 103 Å². The van der Waals surface area contributed by atoms with Crippen molar-refractivity contribution in [1.82, 2.24) is 4.57 Å². The molecule has 0 N–H and O–H groups in total. The number of hydrogen-bond donors (Lipinski definition) is 0. The van der Waals surface area contributed by atoms with Gasteiger partial charge in [0.2, 0.25) is 5.69 Å². The summed E-state index contributed by atoms with van der Waals surface area (Å²) in [4.78, 5) is 0. The molecule has 6 aromatic rings. The molecule has 0 aliphatic carbocycles. The van der Waals surface area contributed by atoms with Crippen molar-refractivity contribution < 1.29 is 8.98 Å². The summed E-state index contributed by atoms with van der Waals surface area (Å²) in [5.74, 6) is 0. The molecule has 3 nitrogen and oxygen atoms in total. The second-order valence-corrected chi connectivity index (χ2v) is 8.27. The van der Waals surface area contributed by atoms with Gasteiger partial charge in [-0.05, 0) is 36.8 Å². The number of nitrogens with zero attached hydrogens (tertiary/aromatic N) is 2. The monoisotopic (exact) mass is 403 g/mol. The molecule has 3 aromatic heterocycles. The predicted octanol–water partition coefficient (Wildman–Crippen LogP) is 6.54. The number of aryl methyl sites for hydroxylation is 2. The zero-order chi connectivity index (χ0) is 21.1. The molecule has 3 aromatic carbocycles. The van der Waals surface area contributed by atoms with Crippen LogP contribution in [0.3, 0.4) is 0 Å². The van der Waals surface area contributed by atoms with Gasteiger partial charge in [-0.3, -0.25) is 0 Å². The van der Waals surface area contributed by atoms with Gasteiger partial charge in [0.25, 0.3) is 0 Å². The quantitative estimate of drug-likeness (QED) is 0.301. The van der Waals surface area contributed by atoms with E-state index in [9.17, 15) is 0 Å². The largest absolute Gasteiger partial charge is 0.456 e. The molecule has 6 rings (SSSR count). The molecule has 0 atom stereocenters. The topological polar surface area (TPSA) is 21.9 Å². The molecular weight excluding hydrogens is 380 g/mol. The van der Waals surface area contributed by atoms with Crippen LogP contribution >= 0.6 is 0 Å². The highest BCUT2D eigenvalue weighted by Crippen LogP contribution is 2.35.